The van der Waals surface area contributed by atoms with E-state index in [0.717, 1.165) is 24.3 Å². The van der Waals surface area contributed by atoms with Gasteiger partial charge < -0.3 is 20.3 Å². The number of rotatable bonds is 6. The molecule has 3 heterocycles. The molecule has 244 valence electrons. The van der Waals surface area contributed by atoms with Crippen molar-refractivity contribution in [3.63, 3.8) is 0 Å². The average molecular weight is 691 g/mol. The molecule has 0 saturated carbocycles. The number of ether oxygens (including phenoxy) is 1. The summed E-state index contributed by atoms with van der Waals surface area (Å²) in [6.07, 6.45) is -8.47. The number of sulfone groups is 1. The molecule has 1 aliphatic rings. The second kappa shape index (κ2) is 12.1. The largest absolute Gasteiger partial charge is 0.480 e. The predicted molar refractivity (Wildman–Crippen MR) is 156 cm³/mol. The summed E-state index contributed by atoms with van der Waals surface area (Å²) in [5.41, 5.74) is -3.23. The number of aromatic nitrogens is 1. The zero-order valence-electron chi connectivity index (χ0n) is 23.3. The van der Waals surface area contributed by atoms with E-state index in [1.54, 1.807) is 4.90 Å². The van der Waals surface area contributed by atoms with Gasteiger partial charge in [0.05, 0.1) is 47.3 Å². The number of halogens is 7. The SMILES string of the molecule is COc1ncc(N2CCS(=O)(=O)CC2)cc1C(=O)Nc1c(C(=O)Nc2ccc(F)c(C(F)(F)F)c2)sc2cc(C(F)(F)F)ccc12. The molecule has 0 spiro atoms. The molecule has 46 heavy (non-hydrogen) atoms. The molecule has 2 aromatic carbocycles. The van der Waals surface area contributed by atoms with Crippen molar-refractivity contribution in [1.29, 1.82) is 0 Å². The standard InChI is InChI=1S/C28H21F7N4O5S2/c1-44-26-18(12-16(13-36-26)39-6-8-46(42,43)9-7-39)24(40)38-22-17-4-2-14(27(30,31)32)10-21(17)45-23(22)25(41)37-15-3-5-20(29)19(11-15)28(33,34)35/h2-5,10-13H,6-9H2,1H3,(H,37,41)(H,38,40). The molecule has 2 N–H and O–H groups in total. The smallest absolute Gasteiger partial charge is 0.419 e. The number of hydrogen-bond acceptors (Lipinski definition) is 8. The van der Waals surface area contributed by atoms with Gasteiger partial charge in [-0.3, -0.25) is 9.59 Å². The van der Waals surface area contributed by atoms with E-state index in [1.165, 1.54) is 19.4 Å². The normalized spacial score (nSPS) is 15.1. The number of pyridine rings is 1. The number of thiophene rings is 1. The van der Waals surface area contributed by atoms with Crippen LogP contribution in [0.15, 0.2) is 48.7 Å². The van der Waals surface area contributed by atoms with Crippen LogP contribution < -0.4 is 20.3 Å². The van der Waals surface area contributed by atoms with Gasteiger partial charge in [-0.2, -0.15) is 26.3 Å². The topological polar surface area (TPSA) is 118 Å². The zero-order chi connectivity index (χ0) is 33.6. The lowest BCUT2D eigenvalue weighted by molar-refractivity contribution is -0.140. The molecule has 5 rings (SSSR count). The maximum atomic E-state index is 13.8. The lowest BCUT2D eigenvalue weighted by Crippen LogP contribution is -2.40. The molecular weight excluding hydrogens is 669 g/mol. The molecule has 0 bridgehead atoms. The number of alkyl halides is 6. The quantitative estimate of drug-likeness (QED) is 0.231. The molecule has 1 aliphatic heterocycles. The Labute approximate surface area is 259 Å². The Hall–Kier alpha value is -4.45. The second-order valence-electron chi connectivity index (χ2n) is 10.0. The molecule has 0 atom stereocenters. The van der Waals surface area contributed by atoms with Gasteiger partial charge in [-0.25, -0.2) is 17.8 Å². The van der Waals surface area contributed by atoms with Gasteiger partial charge in [0.15, 0.2) is 9.84 Å². The van der Waals surface area contributed by atoms with Crippen LogP contribution in [0.2, 0.25) is 0 Å². The Kier molecular flexibility index (Phi) is 8.63. The van der Waals surface area contributed by atoms with Crippen molar-refractivity contribution in [2.75, 3.05) is 47.2 Å². The maximum absolute atomic E-state index is 13.8. The first-order valence-electron chi connectivity index (χ1n) is 13.1. The summed E-state index contributed by atoms with van der Waals surface area (Å²) in [6.45, 7) is 0.246. The number of carbonyl (C=O) groups excluding carboxylic acids is 2. The van der Waals surface area contributed by atoms with Crippen molar-refractivity contribution in [3.8, 4) is 5.88 Å². The van der Waals surface area contributed by atoms with Crippen molar-refractivity contribution in [2.24, 2.45) is 0 Å². The molecule has 0 radical (unpaired) electrons. The fraction of sp³-hybridized carbons (Fsp3) is 0.250. The Morgan fingerprint density at radius 1 is 0.935 bits per heavy atom. The van der Waals surface area contributed by atoms with Gasteiger partial charge in [0.1, 0.15) is 16.3 Å². The van der Waals surface area contributed by atoms with Gasteiger partial charge in [0.25, 0.3) is 11.8 Å². The minimum atomic E-state index is -5.08. The van der Waals surface area contributed by atoms with Crippen LogP contribution in [-0.2, 0) is 22.2 Å². The highest BCUT2D eigenvalue weighted by atomic mass is 32.2. The van der Waals surface area contributed by atoms with E-state index in [9.17, 15) is 48.7 Å². The van der Waals surface area contributed by atoms with E-state index < -0.39 is 56.6 Å². The van der Waals surface area contributed by atoms with E-state index in [4.69, 9.17) is 4.74 Å². The summed E-state index contributed by atoms with van der Waals surface area (Å²) in [4.78, 5) is 32.4. The number of benzene rings is 2. The first-order chi connectivity index (χ1) is 21.5. The number of anilines is 3. The molecule has 9 nitrogen and oxygen atoms in total. The van der Waals surface area contributed by atoms with E-state index in [1.807, 2.05) is 0 Å². The summed E-state index contributed by atoms with van der Waals surface area (Å²) in [5.74, 6) is -4.02. The van der Waals surface area contributed by atoms with Crippen LogP contribution in [-0.4, -0.2) is 56.9 Å². The summed E-state index contributed by atoms with van der Waals surface area (Å²) < 4.78 is 123. The van der Waals surface area contributed by atoms with Crippen LogP contribution in [0.5, 0.6) is 5.88 Å². The Bertz CT molecular complexity index is 1950. The predicted octanol–water partition coefficient (Wildman–Crippen LogP) is 6.22. The van der Waals surface area contributed by atoms with Gasteiger partial charge in [0.2, 0.25) is 5.88 Å². The van der Waals surface area contributed by atoms with Crippen LogP contribution in [0, 0.1) is 5.82 Å². The Balaban J connectivity index is 1.53. The number of carbonyl (C=O) groups is 2. The number of nitrogens with zero attached hydrogens (tertiary/aromatic N) is 2. The van der Waals surface area contributed by atoms with Crippen molar-refractivity contribution in [1.82, 2.24) is 4.98 Å². The molecule has 1 saturated heterocycles. The minimum absolute atomic E-state index is 0.0101. The first kappa shape index (κ1) is 32.9. The molecule has 0 unspecified atom stereocenters. The lowest BCUT2D eigenvalue weighted by Gasteiger charge is -2.28. The molecule has 18 heteroatoms. The summed E-state index contributed by atoms with van der Waals surface area (Å²) in [5, 5.41) is 4.68. The molecule has 1 fully saturated rings. The highest BCUT2D eigenvalue weighted by Crippen LogP contribution is 2.41. The molecule has 2 amide bonds. The number of methoxy groups -OCH3 is 1. The third kappa shape index (κ3) is 6.86. The van der Waals surface area contributed by atoms with Crippen molar-refractivity contribution in [2.45, 2.75) is 12.4 Å². The summed E-state index contributed by atoms with van der Waals surface area (Å²) in [7, 11) is -2.00. The van der Waals surface area contributed by atoms with Crippen LogP contribution in [0.25, 0.3) is 10.1 Å². The van der Waals surface area contributed by atoms with Gasteiger partial charge >= 0.3 is 12.4 Å². The third-order valence-electron chi connectivity index (χ3n) is 6.98. The van der Waals surface area contributed by atoms with Gasteiger partial charge in [-0.05, 0) is 36.4 Å². The summed E-state index contributed by atoms with van der Waals surface area (Å²) >= 11 is 0.532. The second-order valence-corrected chi connectivity index (χ2v) is 13.4. The van der Waals surface area contributed by atoms with Crippen LogP contribution in [0.1, 0.15) is 31.2 Å². The highest BCUT2D eigenvalue weighted by Gasteiger charge is 2.35. The van der Waals surface area contributed by atoms with Crippen LogP contribution in [0.4, 0.5) is 47.8 Å². The number of fused-ring (bicyclic) bond motifs is 1. The monoisotopic (exact) mass is 690 g/mol. The van der Waals surface area contributed by atoms with E-state index in [2.05, 4.69) is 15.6 Å². The fourth-order valence-electron chi connectivity index (χ4n) is 4.66. The van der Waals surface area contributed by atoms with Gasteiger partial charge in [-0.15, -0.1) is 11.3 Å². The lowest BCUT2D eigenvalue weighted by atomic mass is 10.1. The van der Waals surface area contributed by atoms with E-state index in [0.29, 0.717) is 29.2 Å². The van der Waals surface area contributed by atoms with Gasteiger partial charge in [0, 0.05) is 28.9 Å². The van der Waals surface area contributed by atoms with Crippen molar-refractivity contribution >= 4 is 60.1 Å². The molecule has 2 aromatic heterocycles. The van der Waals surface area contributed by atoms with Crippen LogP contribution >= 0.6 is 11.3 Å². The number of hydrogen-bond donors (Lipinski definition) is 2. The van der Waals surface area contributed by atoms with E-state index >= 15 is 0 Å². The number of amides is 2. The van der Waals surface area contributed by atoms with Crippen molar-refractivity contribution in [3.05, 3.63) is 76.0 Å². The summed E-state index contributed by atoms with van der Waals surface area (Å²) in [6, 6.07) is 5.59. The van der Waals surface area contributed by atoms with E-state index in [-0.39, 0.29) is 56.7 Å². The zero-order valence-corrected chi connectivity index (χ0v) is 25.0. The Morgan fingerprint density at radius 3 is 2.26 bits per heavy atom. The first-order valence-corrected chi connectivity index (χ1v) is 15.7. The van der Waals surface area contributed by atoms with Gasteiger partial charge in [-0.1, -0.05) is 6.07 Å². The highest BCUT2D eigenvalue weighted by molar-refractivity contribution is 7.91. The molecule has 4 aromatic rings. The third-order valence-corrected chi connectivity index (χ3v) is 9.74. The molecular formula is C28H21F7N4O5S2. The Morgan fingerprint density at radius 2 is 1.63 bits per heavy atom. The van der Waals surface area contributed by atoms with Crippen LogP contribution in [0.3, 0.4) is 0 Å². The average Bonchev–Trinajstić information content (AvgIpc) is 3.34. The maximum Gasteiger partial charge on any atom is 0.419 e. The molecule has 0 aliphatic carbocycles. The van der Waals surface area contributed by atoms with Crippen molar-refractivity contribution < 1.29 is 53.5 Å². The fourth-order valence-corrected chi connectivity index (χ4v) is 6.95. The number of nitrogens with one attached hydrogen (secondary N) is 2. The minimum Gasteiger partial charge on any atom is -0.480 e.